The fraction of sp³-hybridized carbons (Fsp3) is 0.588. The van der Waals surface area contributed by atoms with Gasteiger partial charge in [-0.25, -0.2) is 5.69 Å². The van der Waals surface area contributed by atoms with E-state index < -0.39 is 11.7 Å². The predicted octanol–water partition coefficient (Wildman–Crippen LogP) is -2.67. The van der Waals surface area contributed by atoms with E-state index in [1.807, 2.05) is 27.7 Å². The summed E-state index contributed by atoms with van der Waals surface area (Å²) in [4.78, 5) is 29.9. The number of hydrogen-bond donors (Lipinski definition) is 0. The molecule has 0 saturated carbocycles. The first kappa shape index (κ1) is 34.5. The summed E-state index contributed by atoms with van der Waals surface area (Å²) in [5.41, 5.74) is -0.106. The number of aromatic nitrogens is 1. The number of carbonyl (C=O) groups is 2. The predicted molar refractivity (Wildman–Crippen MR) is 100 cm³/mol. The quantitative estimate of drug-likeness (QED) is 0.379. The molecule has 144 valence electrons. The standard InChI is InChI=1S/C17H26N3O3.2ClH.2Mg/c1-11(2)20(12(3)4)15(21)14-9-8-13(10-18-14)19-16(22)23-17(5,6)7;;;;/h9-12H,1-7H3,(H,19,21,22);2*1H;;/q-1;;;2*+2/p-3. The topological polar surface area (TPSA) is 73.6 Å². The maximum atomic E-state index is 12.5. The van der Waals surface area contributed by atoms with E-state index in [0.717, 1.165) is 0 Å². The molecular formula is C17H25Cl2Mg2N3O3. The molecule has 10 heteroatoms. The molecule has 1 aromatic rings. The van der Waals surface area contributed by atoms with E-state index in [1.165, 1.54) is 12.3 Å². The third-order valence-electron chi connectivity index (χ3n) is 2.85. The molecule has 0 unspecified atom stereocenters. The summed E-state index contributed by atoms with van der Waals surface area (Å²) < 4.78 is 5.09. The van der Waals surface area contributed by atoms with Gasteiger partial charge in [0, 0.05) is 17.8 Å². The molecule has 27 heavy (non-hydrogen) atoms. The van der Waals surface area contributed by atoms with Gasteiger partial charge in [0.15, 0.2) is 0 Å². The van der Waals surface area contributed by atoms with Crippen molar-refractivity contribution in [2.75, 3.05) is 0 Å². The van der Waals surface area contributed by atoms with Crippen LogP contribution in [0.1, 0.15) is 59.0 Å². The number of ether oxygens (including phenoxy) is 1. The Morgan fingerprint density at radius 3 is 1.93 bits per heavy atom. The van der Waals surface area contributed by atoms with Gasteiger partial charge in [-0.15, -0.1) is 6.07 Å². The van der Waals surface area contributed by atoms with Gasteiger partial charge in [-0.1, -0.05) is 6.20 Å². The number of pyridine rings is 1. The Bertz CT molecular complexity index is 558. The summed E-state index contributed by atoms with van der Waals surface area (Å²) in [6.45, 7) is 13.1. The van der Waals surface area contributed by atoms with Gasteiger partial charge in [-0.2, -0.15) is 6.07 Å². The summed E-state index contributed by atoms with van der Waals surface area (Å²) in [5, 5.41) is 3.76. The summed E-state index contributed by atoms with van der Waals surface area (Å²) in [6.07, 6.45) is 0.635. The van der Waals surface area contributed by atoms with Crippen LogP contribution >= 0.6 is 0 Å². The van der Waals surface area contributed by atoms with Crippen molar-refractivity contribution in [2.24, 2.45) is 0 Å². The maximum Gasteiger partial charge on any atom is 2.00 e. The van der Waals surface area contributed by atoms with E-state index in [0.29, 0.717) is 0 Å². The van der Waals surface area contributed by atoms with Gasteiger partial charge >= 0.3 is 46.1 Å². The van der Waals surface area contributed by atoms with Crippen LogP contribution in [-0.4, -0.2) is 85.7 Å². The van der Waals surface area contributed by atoms with E-state index in [-0.39, 0.29) is 100 Å². The van der Waals surface area contributed by atoms with Crippen molar-refractivity contribution in [3.05, 3.63) is 29.3 Å². The second-order valence-electron chi connectivity index (χ2n) is 6.81. The molecule has 0 N–H and O–H groups in total. The maximum absolute atomic E-state index is 12.5. The zero-order valence-corrected chi connectivity index (χ0v) is 21.4. The second kappa shape index (κ2) is 14.9. The average Bonchev–Trinajstić information content (AvgIpc) is 2.36. The molecule has 0 aromatic carbocycles. The summed E-state index contributed by atoms with van der Waals surface area (Å²) in [6, 6.07) is 4.37. The van der Waals surface area contributed by atoms with Crippen molar-refractivity contribution < 1.29 is 39.1 Å². The zero-order valence-electron chi connectivity index (χ0n) is 17.0. The van der Waals surface area contributed by atoms with E-state index in [2.05, 4.69) is 16.4 Å². The van der Waals surface area contributed by atoms with Crippen molar-refractivity contribution in [2.45, 2.75) is 66.2 Å². The minimum atomic E-state index is -0.708. The number of nitrogens with zero attached hydrogens (tertiary/aromatic N) is 3. The molecular weight excluding hydrogens is 414 g/mol. The minimum Gasteiger partial charge on any atom is -1.00 e. The number of rotatable bonds is 4. The Balaban J connectivity index is -0.000000661. The van der Waals surface area contributed by atoms with Crippen molar-refractivity contribution in [1.82, 2.24) is 9.88 Å². The SMILES string of the molecule is CC(C)N(C(=O)c1c[c-]c([N-]C(=O)OC(C)(C)C)cn1)C(C)C.[Cl-].[Cl-].[Mg+2].[Mg+2]. The molecule has 1 heterocycles. The van der Waals surface area contributed by atoms with Gasteiger partial charge in [0.25, 0.3) is 0 Å². The summed E-state index contributed by atoms with van der Waals surface area (Å²) in [7, 11) is 0. The third kappa shape index (κ3) is 12.2. The smallest absolute Gasteiger partial charge is 1.00 e. The average molecular weight is 439 g/mol. The van der Waals surface area contributed by atoms with Crippen molar-refractivity contribution in [3.63, 3.8) is 0 Å². The van der Waals surface area contributed by atoms with Crippen LogP contribution in [0.15, 0.2) is 12.3 Å². The molecule has 0 aliphatic carbocycles. The molecule has 0 aliphatic heterocycles. The Morgan fingerprint density at radius 2 is 1.59 bits per heavy atom. The van der Waals surface area contributed by atoms with Gasteiger partial charge in [-0.3, -0.25) is 9.59 Å². The van der Waals surface area contributed by atoms with Crippen LogP contribution in [0, 0.1) is 6.07 Å². The number of hydrogen-bond acceptors (Lipinski definition) is 4. The molecule has 6 nitrogen and oxygen atoms in total. The minimum absolute atomic E-state index is 0. The van der Waals surface area contributed by atoms with E-state index in [4.69, 9.17) is 4.74 Å². The second-order valence-corrected chi connectivity index (χ2v) is 6.81. The Labute approximate surface area is 207 Å². The van der Waals surface area contributed by atoms with Gasteiger partial charge in [-0.05, 0) is 48.5 Å². The Morgan fingerprint density at radius 1 is 1.11 bits per heavy atom. The molecule has 0 fully saturated rings. The van der Waals surface area contributed by atoms with E-state index in [9.17, 15) is 9.59 Å². The first-order valence-corrected chi connectivity index (χ1v) is 7.66. The third-order valence-corrected chi connectivity index (χ3v) is 2.85. The summed E-state index contributed by atoms with van der Waals surface area (Å²) in [5.74, 6) is -0.171. The molecule has 1 rings (SSSR count). The van der Waals surface area contributed by atoms with Gasteiger partial charge < -0.3 is 44.8 Å². The molecule has 2 amide bonds. The summed E-state index contributed by atoms with van der Waals surface area (Å²) >= 11 is 0. The molecule has 0 bridgehead atoms. The van der Waals surface area contributed by atoms with E-state index >= 15 is 0 Å². The fourth-order valence-electron chi connectivity index (χ4n) is 2.11. The van der Waals surface area contributed by atoms with Gasteiger partial charge in [0.2, 0.25) is 12.0 Å². The van der Waals surface area contributed by atoms with Crippen LogP contribution in [0.5, 0.6) is 0 Å². The fourth-order valence-corrected chi connectivity index (χ4v) is 2.11. The van der Waals surface area contributed by atoms with Gasteiger partial charge in [0.05, 0.1) is 0 Å². The van der Waals surface area contributed by atoms with Gasteiger partial charge in [0.1, 0.15) is 5.60 Å². The van der Waals surface area contributed by atoms with Crippen molar-refractivity contribution >= 4 is 63.8 Å². The van der Waals surface area contributed by atoms with Crippen LogP contribution in [-0.2, 0) is 4.74 Å². The first-order chi connectivity index (χ1) is 10.5. The number of halogens is 2. The Hall–Kier alpha value is 0.00247. The van der Waals surface area contributed by atoms with Crippen LogP contribution < -0.4 is 24.8 Å². The molecule has 0 aliphatic rings. The van der Waals surface area contributed by atoms with Crippen molar-refractivity contribution in [3.8, 4) is 0 Å². The monoisotopic (exact) mass is 437 g/mol. The Kier molecular flexibility index (Phi) is 19.1. The molecule has 0 spiro atoms. The molecule has 1 aromatic heterocycles. The molecule has 0 saturated heterocycles. The zero-order chi connectivity index (χ0) is 17.8. The molecule has 0 radical (unpaired) electrons. The first-order valence-electron chi connectivity index (χ1n) is 7.66. The number of amides is 2. The number of carbonyl (C=O) groups excluding carboxylic acids is 2. The van der Waals surface area contributed by atoms with Crippen LogP contribution in [0.2, 0.25) is 0 Å². The van der Waals surface area contributed by atoms with Crippen molar-refractivity contribution in [1.29, 1.82) is 0 Å². The van der Waals surface area contributed by atoms with Crippen LogP contribution in [0.25, 0.3) is 5.32 Å². The normalized spacial score (nSPS) is 9.81. The largest absolute Gasteiger partial charge is 2.00 e. The van der Waals surface area contributed by atoms with Crippen LogP contribution in [0.3, 0.4) is 0 Å². The van der Waals surface area contributed by atoms with E-state index in [1.54, 1.807) is 25.7 Å². The van der Waals surface area contributed by atoms with Crippen LogP contribution in [0.4, 0.5) is 10.5 Å². The molecule has 0 atom stereocenters.